The van der Waals surface area contributed by atoms with Gasteiger partial charge in [-0.05, 0) is 61.5 Å². The minimum atomic E-state index is -4.23. The van der Waals surface area contributed by atoms with Gasteiger partial charge in [0.15, 0.2) is 6.10 Å². The molecule has 5 aromatic carbocycles. The standard InChI is InChI=1S/C43H37NO10S/c1-2-50-42-43(54-41(47)32-21-11-5-12-22-32,36-28-44(37-26-16-15-25-35(36)37)55(48,49)34-23-13-6-14-24-34)38(53-40(46)31-19-9-4-10-20-31)27-33(52-42)29-51-39(45)30-17-7-3-8-18-30/h3-26,28,33,38,42H,2,27,29H2,1H3/t33-,38-,42+,43+/m0/s1. The largest absolute Gasteiger partial charge is 0.459 e. The quantitative estimate of drug-likeness (QED) is 0.0934. The van der Waals surface area contributed by atoms with Gasteiger partial charge in [0, 0.05) is 30.2 Å². The average molecular weight is 760 g/mol. The van der Waals surface area contributed by atoms with Crippen LogP contribution in [0.15, 0.2) is 157 Å². The second-order valence-electron chi connectivity index (χ2n) is 12.7. The summed E-state index contributed by atoms with van der Waals surface area (Å²) in [6.45, 7) is 1.47. The Labute approximate surface area is 318 Å². The smallest absolute Gasteiger partial charge is 0.339 e. The Bertz CT molecular complexity index is 2390. The molecule has 0 radical (unpaired) electrons. The van der Waals surface area contributed by atoms with Crippen molar-refractivity contribution in [2.75, 3.05) is 13.2 Å². The maximum Gasteiger partial charge on any atom is 0.339 e. The molecular formula is C43H37NO10S. The first-order valence-corrected chi connectivity index (χ1v) is 19.1. The van der Waals surface area contributed by atoms with Crippen molar-refractivity contribution in [1.82, 2.24) is 3.97 Å². The molecule has 0 unspecified atom stereocenters. The van der Waals surface area contributed by atoms with Gasteiger partial charge >= 0.3 is 17.9 Å². The first kappa shape index (κ1) is 37.2. The zero-order valence-corrected chi connectivity index (χ0v) is 30.5. The van der Waals surface area contributed by atoms with Crippen molar-refractivity contribution in [3.05, 3.63) is 174 Å². The fraction of sp³-hybridized carbons (Fsp3) is 0.186. The number of benzene rings is 5. The van der Waals surface area contributed by atoms with E-state index in [4.69, 9.17) is 23.7 Å². The SMILES string of the molecule is CCO[C@@H]1O[C@H](COC(=O)c2ccccc2)C[C@H](OC(=O)c2ccccc2)[C@]1(OC(=O)c1ccccc1)c1cn(S(=O)(=O)c2ccccc2)c2ccccc12. The lowest BCUT2D eigenvalue weighted by atomic mass is 9.81. The topological polar surface area (TPSA) is 136 Å². The third-order valence-corrected chi connectivity index (χ3v) is 11.0. The molecule has 0 N–H and O–H groups in total. The number of carbonyl (C=O) groups excluding carboxylic acids is 3. The molecule has 0 amide bonds. The van der Waals surface area contributed by atoms with Crippen molar-refractivity contribution in [1.29, 1.82) is 0 Å². The number of esters is 3. The number of nitrogens with zero attached hydrogens (tertiary/aromatic N) is 1. The number of rotatable bonds is 12. The van der Waals surface area contributed by atoms with Crippen molar-refractivity contribution < 1.29 is 46.5 Å². The van der Waals surface area contributed by atoms with Crippen LogP contribution in [-0.2, 0) is 39.3 Å². The van der Waals surface area contributed by atoms with Gasteiger partial charge in [0.2, 0.25) is 11.9 Å². The molecule has 0 saturated carbocycles. The number of hydrogen-bond acceptors (Lipinski definition) is 10. The lowest BCUT2D eigenvalue weighted by Gasteiger charge is -2.48. The first-order chi connectivity index (χ1) is 26.7. The molecule has 11 nitrogen and oxygen atoms in total. The monoisotopic (exact) mass is 759 g/mol. The van der Waals surface area contributed by atoms with Crippen molar-refractivity contribution in [3.63, 3.8) is 0 Å². The Morgan fingerprint density at radius 1 is 0.709 bits per heavy atom. The summed E-state index contributed by atoms with van der Waals surface area (Å²) in [7, 11) is -4.23. The molecule has 1 aromatic heterocycles. The molecule has 0 spiro atoms. The minimum Gasteiger partial charge on any atom is -0.459 e. The van der Waals surface area contributed by atoms with Crippen molar-refractivity contribution in [2.24, 2.45) is 0 Å². The van der Waals surface area contributed by atoms with Crippen LogP contribution in [0, 0.1) is 0 Å². The van der Waals surface area contributed by atoms with E-state index in [1.54, 1.807) is 140 Å². The molecule has 1 aliphatic rings. The summed E-state index contributed by atoms with van der Waals surface area (Å²) in [6, 6.07) is 39.5. The predicted octanol–water partition coefficient (Wildman–Crippen LogP) is 7.16. The maximum absolute atomic E-state index is 14.3. The van der Waals surface area contributed by atoms with Crippen LogP contribution in [0.25, 0.3) is 10.9 Å². The molecule has 280 valence electrons. The first-order valence-electron chi connectivity index (χ1n) is 17.7. The molecule has 6 aromatic rings. The highest BCUT2D eigenvalue weighted by Gasteiger charge is 2.60. The van der Waals surface area contributed by atoms with E-state index in [9.17, 15) is 22.8 Å². The molecule has 2 heterocycles. The maximum atomic E-state index is 14.3. The molecule has 7 rings (SSSR count). The second-order valence-corrected chi connectivity index (χ2v) is 14.5. The molecule has 55 heavy (non-hydrogen) atoms. The fourth-order valence-corrected chi connectivity index (χ4v) is 8.06. The van der Waals surface area contributed by atoms with Gasteiger partial charge in [-0.15, -0.1) is 0 Å². The number of aromatic nitrogens is 1. The van der Waals surface area contributed by atoms with Gasteiger partial charge in [-0.3, -0.25) is 0 Å². The Kier molecular flexibility index (Phi) is 10.9. The van der Waals surface area contributed by atoms with Crippen LogP contribution < -0.4 is 0 Å². The summed E-state index contributed by atoms with van der Waals surface area (Å²) in [5, 5.41) is 0.367. The summed E-state index contributed by atoms with van der Waals surface area (Å²) < 4.78 is 61.1. The van der Waals surface area contributed by atoms with Crippen molar-refractivity contribution >= 4 is 38.8 Å². The molecule has 0 bridgehead atoms. The molecule has 12 heteroatoms. The van der Waals surface area contributed by atoms with Crippen LogP contribution >= 0.6 is 0 Å². The Hall–Kier alpha value is -6.08. The molecular weight excluding hydrogens is 723 g/mol. The number of para-hydroxylation sites is 1. The zero-order chi connectivity index (χ0) is 38.4. The molecule has 1 saturated heterocycles. The normalized spacial score (nSPS) is 19.7. The van der Waals surface area contributed by atoms with Gasteiger partial charge < -0.3 is 23.7 Å². The summed E-state index contributed by atoms with van der Waals surface area (Å²) in [5.41, 5.74) is -0.999. The number of hydrogen-bond donors (Lipinski definition) is 0. The Balaban J connectivity index is 1.42. The van der Waals surface area contributed by atoms with Gasteiger partial charge in [-0.1, -0.05) is 91.0 Å². The summed E-state index contributed by atoms with van der Waals surface area (Å²) in [6.07, 6.45) is -2.61. The van der Waals surface area contributed by atoms with E-state index in [-0.39, 0.29) is 46.7 Å². The van der Waals surface area contributed by atoms with Crippen LogP contribution in [0.5, 0.6) is 0 Å². The zero-order valence-electron chi connectivity index (χ0n) is 29.7. The summed E-state index contributed by atoms with van der Waals surface area (Å²) >= 11 is 0. The van der Waals surface area contributed by atoms with Gasteiger partial charge in [-0.25, -0.2) is 26.8 Å². The number of carbonyl (C=O) groups is 3. The van der Waals surface area contributed by atoms with Crippen LogP contribution in [0.2, 0.25) is 0 Å². The predicted molar refractivity (Wildman–Crippen MR) is 202 cm³/mol. The number of fused-ring (bicyclic) bond motifs is 1. The minimum absolute atomic E-state index is 0.0197. The van der Waals surface area contributed by atoms with Gasteiger partial charge in [0.25, 0.3) is 10.0 Å². The van der Waals surface area contributed by atoms with E-state index in [0.717, 1.165) is 3.97 Å². The van der Waals surface area contributed by atoms with E-state index in [0.29, 0.717) is 10.9 Å². The van der Waals surface area contributed by atoms with Gasteiger partial charge in [0.05, 0.1) is 33.2 Å². The fourth-order valence-electron chi connectivity index (χ4n) is 6.67. The van der Waals surface area contributed by atoms with Crippen LogP contribution in [-0.4, -0.2) is 62.0 Å². The summed E-state index contributed by atoms with van der Waals surface area (Å²) in [5.74, 6) is -2.16. The highest BCUT2D eigenvalue weighted by molar-refractivity contribution is 7.90. The third-order valence-electron chi connectivity index (χ3n) is 9.28. The number of ether oxygens (including phenoxy) is 5. The van der Waals surface area contributed by atoms with E-state index in [1.165, 1.54) is 18.3 Å². The van der Waals surface area contributed by atoms with Crippen LogP contribution in [0.1, 0.15) is 50.0 Å². The average Bonchev–Trinajstić information content (AvgIpc) is 3.63. The van der Waals surface area contributed by atoms with E-state index in [2.05, 4.69) is 0 Å². The van der Waals surface area contributed by atoms with E-state index < -0.39 is 52.0 Å². The van der Waals surface area contributed by atoms with Gasteiger partial charge in [-0.2, -0.15) is 0 Å². The van der Waals surface area contributed by atoms with Crippen LogP contribution in [0.4, 0.5) is 0 Å². The lowest BCUT2D eigenvalue weighted by molar-refractivity contribution is -0.317. The third kappa shape index (κ3) is 7.52. The molecule has 1 aliphatic heterocycles. The van der Waals surface area contributed by atoms with E-state index in [1.807, 2.05) is 0 Å². The second kappa shape index (κ2) is 16.1. The van der Waals surface area contributed by atoms with Crippen molar-refractivity contribution in [3.8, 4) is 0 Å². The highest BCUT2D eigenvalue weighted by atomic mass is 32.2. The Morgan fingerprint density at radius 2 is 1.24 bits per heavy atom. The van der Waals surface area contributed by atoms with Crippen molar-refractivity contribution in [2.45, 2.75) is 42.3 Å². The molecule has 4 atom stereocenters. The summed E-state index contributed by atoms with van der Waals surface area (Å²) in [4.78, 5) is 41.3. The lowest BCUT2D eigenvalue weighted by Crippen LogP contribution is -2.61. The van der Waals surface area contributed by atoms with Crippen LogP contribution in [0.3, 0.4) is 0 Å². The van der Waals surface area contributed by atoms with E-state index >= 15 is 0 Å². The molecule has 0 aliphatic carbocycles. The highest BCUT2D eigenvalue weighted by Crippen LogP contribution is 2.48. The molecule has 1 fully saturated rings. The Morgan fingerprint density at radius 3 is 1.84 bits per heavy atom. The van der Waals surface area contributed by atoms with Gasteiger partial charge in [0.1, 0.15) is 6.61 Å².